The van der Waals surface area contributed by atoms with Crippen molar-refractivity contribution in [3.8, 4) is 6.07 Å². The van der Waals surface area contributed by atoms with Crippen LogP contribution in [-0.4, -0.2) is 23.3 Å². The molecule has 0 amide bonds. The van der Waals surface area contributed by atoms with Gasteiger partial charge >= 0.3 is 0 Å². The summed E-state index contributed by atoms with van der Waals surface area (Å²) in [6.07, 6.45) is 11.1. The molecule has 2 aliphatic carbocycles. The van der Waals surface area contributed by atoms with Crippen LogP contribution in [0.4, 0.5) is 0 Å². The Labute approximate surface area is 123 Å². The maximum atomic E-state index is 10.7. The van der Waals surface area contributed by atoms with E-state index in [1.165, 1.54) is 25.7 Å². The van der Waals surface area contributed by atoms with Crippen LogP contribution >= 0.6 is 0 Å². The summed E-state index contributed by atoms with van der Waals surface area (Å²) in [6, 6.07) is 2.75. The van der Waals surface area contributed by atoms with Crippen LogP contribution in [0.3, 0.4) is 0 Å². The van der Waals surface area contributed by atoms with Crippen LogP contribution in [0.1, 0.15) is 71.1 Å². The van der Waals surface area contributed by atoms with Gasteiger partial charge in [0.05, 0.1) is 17.6 Å². The lowest BCUT2D eigenvalue weighted by Crippen LogP contribution is -2.48. The molecule has 2 rings (SSSR count). The summed E-state index contributed by atoms with van der Waals surface area (Å²) in [6.45, 7) is 2.92. The molecule has 2 aliphatic rings. The van der Waals surface area contributed by atoms with Gasteiger partial charge in [-0.05, 0) is 44.4 Å². The van der Waals surface area contributed by atoms with E-state index in [1.807, 2.05) is 0 Å². The Morgan fingerprint density at radius 1 is 1.15 bits per heavy atom. The third-order valence-electron chi connectivity index (χ3n) is 5.49. The summed E-state index contributed by atoms with van der Waals surface area (Å²) >= 11 is 0. The Kier molecular flexibility index (Phi) is 5.86. The van der Waals surface area contributed by atoms with Crippen molar-refractivity contribution in [2.24, 2.45) is 11.8 Å². The van der Waals surface area contributed by atoms with E-state index in [0.717, 1.165) is 44.4 Å². The molecule has 2 fully saturated rings. The van der Waals surface area contributed by atoms with Gasteiger partial charge in [-0.25, -0.2) is 0 Å². The van der Waals surface area contributed by atoms with Crippen LogP contribution < -0.4 is 5.32 Å². The highest BCUT2D eigenvalue weighted by Gasteiger charge is 2.34. The van der Waals surface area contributed by atoms with Crippen molar-refractivity contribution in [1.82, 2.24) is 5.32 Å². The van der Waals surface area contributed by atoms with Gasteiger partial charge in [0.1, 0.15) is 0 Å². The molecule has 2 saturated carbocycles. The normalized spacial score (nSPS) is 39.0. The number of aliphatic hydroxyl groups is 1. The average molecular weight is 278 g/mol. The molecule has 0 bridgehead atoms. The summed E-state index contributed by atoms with van der Waals surface area (Å²) in [4.78, 5) is 0. The highest BCUT2D eigenvalue weighted by Crippen LogP contribution is 2.33. The first-order chi connectivity index (χ1) is 9.67. The van der Waals surface area contributed by atoms with Crippen LogP contribution in [0.2, 0.25) is 0 Å². The number of hydrogen-bond acceptors (Lipinski definition) is 3. The molecule has 20 heavy (non-hydrogen) atoms. The van der Waals surface area contributed by atoms with Crippen LogP contribution in [0.15, 0.2) is 0 Å². The molecular weight excluding hydrogens is 248 g/mol. The molecule has 0 spiro atoms. The second kappa shape index (κ2) is 7.43. The number of nitriles is 1. The van der Waals surface area contributed by atoms with Gasteiger partial charge in [-0.3, -0.25) is 0 Å². The van der Waals surface area contributed by atoms with Crippen molar-refractivity contribution in [3.05, 3.63) is 0 Å². The summed E-state index contributed by atoms with van der Waals surface area (Å²) in [5.41, 5.74) is -0.530. The molecule has 0 radical (unpaired) electrons. The zero-order valence-electron chi connectivity index (χ0n) is 12.9. The van der Waals surface area contributed by atoms with Gasteiger partial charge in [-0.2, -0.15) is 5.26 Å². The fourth-order valence-electron chi connectivity index (χ4n) is 3.83. The van der Waals surface area contributed by atoms with E-state index in [-0.39, 0.29) is 12.0 Å². The highest BCUT2D eigenvalue weighted by molar-refractivity contribution is 4.96. The lowest BCUT2D eigenvalue weighted by atomic mass is 9.77. The maximum Gasteiger partial charge on any atom is 0.0771 e. The lowest BCUT2D eigenvalue weighted by Gasteiger charge is -2.37. The van der Waals surface area contributed by atoms with Gasteiger partial charge in [-0.1, -0.05) is 32.6 Å². The predicted octanol–water partition coefficient (Wildman–Crippen LogP) is 3.38. The number of rotatable bonds is 4. The monoisotopic (exact) mass is 278 g/mol. The summed E-state index contributed by atoms with van der Waals surface area (Å²) < 4.78 is 0. The molecule has 2 unspecified atom stereocenters. The van der Waals surface area contributed by atoms with E-state index in [4.69, 9.17) is 0 Å². The van der Waals surface area contributed by atoms with Crippen molar-refractivity contribution in [3.63, 3.8) is 0 Å². The van der Waals surface area contributed by atoms with Crippen molar-refractivity contribution < 1.29 is 5.11 Å². The van der Waals surface area contributed by atoms with Gasteiger partial charge in [0.25, 0.3) is 0 Å². The van der Waals surface area contributed by atoms with Gasteiger partial charge < -0.3 is 10.4 Å². The van der Waals surface area contributed by atoms with Crippen LogP contribution in [0, 0.1) is 23.2 Å². The summed E-state index contributed by atoms with van der Waals surface area (Å²) in [7, 11) is 0. The first kappa shape index (κ1) is 15.8. The third kappa shape index (κ3) is 4.20. The third-order valence-corrected chi connectivity index (χ3v) is 5.49. The predicted molar refractivity (Wildman–Crippen MR) is 81.2 cm³/mol. The van der Waals surface area contributed by atoms with Gasteiger partial charge in [-0.15, -0.1) is 0 Å². The van der Waals surface area contributed by atoms with E-state index in [0.29, 0.717) is 6.54 Å². The minimum Gasteiger partial charge on any atom is -0.389 e. The van der Waals surface area contributed by atoms with Crippen molar-refractivity contribution >= 4 is 0 Å². The van der Waals surface area contributed by atoms with E-state index < -0.39 is 5.60 Å². The Bertz CT molecular complexity index is 328. The largest absolute Gasteiger partial charge is 0.389 e. The van der Waals surface area contributed by atoms with Crippen molar-refractivity contribution in [2.75, 3.05) is 6.54 Å². The fraction of sp³-hybridized carbons (Fsp3) is 0.941. The maximum absolute atomic E-state index is 10.7. The van der Waals surface area contributed by atoms with E-state index in [9.17, 15) is 10.4 Å². The second-order valence-electron chi connectivity index (χ2n) is 6.94. The first-order valence-electron chi connectivity index (χ1n) is 8.52. The molecule has 0 aliphatic heterocycles. The van der Waals surface area contributed by atoms with E-state index >= 15 is 0 Å². The smallest absolute Gasteiger partial charge is 0.0771 e. The van der Waals surface area contributed by atoms with E-state index in [1.54, 1.807) is 0 Å². The number of nitrogens with zero attached hydrogens (tertiary/aromatic N) is 1. The van der Waals surface area contributed by atoms with Gasteiger partial charge in [0.15, 0.2) is 0 Å². The topological polar surface area (TPSA) is 56.0 Å². The standard InChI is InChI=1S/C17H30N2O/c1-2-14-8-10-17(20,11-9-14)13-19-16-7-5-3-4-6-15(16)12-18/h14-16,19-20H,2-11,13H2,1H3. The van der Waals surface area contributed by atoms with E-state index in [2.05, 4.69) is 18.3 Å². The Hall–Kier alpha value is -0.590. The molecule has 2 N–H and O–H groups in total. The lowest BCUT2D eigenvalue weighted by molar-refractivity contribution is -0.0116. The number of hydrogen-bond donors (Lipinski definition) is 2. The fourth-order valence-corrected chi connectivity index (χ4v) is 3.83. The molecule has 3 nitrogen and oxygen atoms in total. The Morgan fingerprint density at radius 3 is 2.50 bits per heavy atom. The SMILES string of the molecule is CCC1CCC(O)(CNC2CCCCCC2C#N)CC1. The van der Waals surface area contributed by atoms with Crippen LogP contribution in [0.5, 0.6) is 0 Å². The molecule has 0 aromatic rings. The molecule has 0 saturated heterocycles. The zero-order chi connectivity index (χ0) is 14.4. The molecule has 114 valence electrons. The quantitative estimate of drug-likeness (QED) is 0.775. The van der Waals surface area contributed by atoms with Crippen molar-refractivity contribution in [1.29, 1.82) is 5.26 Å². The first-order valence-corrected chi connectivity index (χ1v) is 8.52. The Balaban J connectivity index is 1.82. The molecule has 0 aromatic carbocycles. The molecule has 2 atom stereocenters. The highest BCUT2D eigenvalue weighted by atomic mass is 16.3. The number of nitrogens with one attached hydrogen (secondary N) is 1. The average Bonchev–Trinajstić information content (AvgIpc) is 2.71. The van der Waals surface area contributed by atoms with Crippen molar-refractivity contribution in [2.45, 2.75) is 82.8 Å². The molecule has 3 heteroatoms. The molecular formula is C17H30N2O. The Morgan fingerprint density at radius 2 is 1.85 bits per heavy atom. The van der Waals surface area contributed by atoms with Gasteiger partial charge in [0, 0.05) is 12.6 Å². The minimum atomic E-state index is -0.530. The zero-order valence-corrected chi connectivity index (χ0v) is 12.9. The molecule has 0 aromatic heterocycles. The summed E-state index contributed by atoms with van der Waals surface area (Å²) in [5, 5.41) is 23.5. The molecule has 0 heterocycles. The van der Waals surface area contributed by atoms with Crippen LogP contribution in [0.25, 0.3) is 0 Å². The second-order valence-corrected chi connectivity index (χ2v) is 6.94. The van der Waals surface area contributed by atoms with Gasteiger partial charge in [0.2, 0.25) is 0 Å². The van der Waals surface area contributed by atoms with Crippen LogP contribution in [-0.2, 0) is 0 Å². The minimum absolute atomic E-state index is 0.132. The summed E-state index contributed by atoms with van der Waals surface area (Å²) in [5.74, 6) is 0.938.